The van der Waals surface area contributed by atoms with Gasteiger partial charge in [-0.1, -0.05) is 6.07 Å². The van der Waals surface area contributed by atoms with Crippen LogP contribution in [0.2, 0.25) is 0 Å². The van der Waals surface area contributed by atoms with Gasteiger partial charge in [-0.05, 0) is 73.0 Å². The van der Waals surface area contributed by atoms with Gasteiger partial charge in [-0.3, -0.25) is 9.69 Å². The molecule has 3 aromatic rings. The summed E-state index contributed by atoms with van der Waals surface area (Å²) in [4.78, 5) is 17.3. The number of aromatic nitrogens is 1. The number of hydrogen-bond acceptors (Lipinski definition) is 2. The van der Waals surface area contributed by atoms with Crippen molar-refractivity contribution in [1.29, 1.82) is 0 Å². The maximum absolute atomic E-state index is 14.0. The minimum atomic E-state index is -0.398. The van der Waals surface area contributed by atoms with Crippen molar-refractivity contribution in [3.05, 3.63) is 71.4 Å². The molecule has 2 aromatic carbocycles. The molecule has 1 aromatic heterocycles. The fourth-order valence-corrected chi connectivity index (χ4v) is 5.24. The Morgan fingerprint density at radius 2 is 1.77 bits per heavy atom. The number of piperidine rings is 1. The van der Waals surface area contributed by atoms with Gasteiger partial charge in [0.05, 0.1) is 0 Å². The summed E-state index contributed by atoms with van der Waals surface area (Å²) in [7, 11) is 1.99. The van der Waals surface area contributed by atoms with Crippen LogP contribution in [0.4, 0.5) is 8.78 Å². The van der Waals surface area contributed by atoms with Crippen molar-refractivity contribution >= 4 is 16.8 Å². The van der Waals surface area contributed by atoms with Crippen molar-refractivity contribution in [3.63, 3.8) is 0 Å². The molecule has 4 nitrogen and oxygen atoms in total. The van der Waals surface area contributed by atoms with E-state index >= 15 is 0 Å². The zero-order valence-corrected chi connectivity index (χ0v) is 17.8. The third-order valence-corrected chi connectivity index (χ3v) is 7.17. The van der Waals surface area contributed by atoms with Gasteiger partial charge in [0.2, 0.25) is 0 Å². The molecule has 31 heavy (non-hydrogen) atoms. The van der Waals surface area contributed by atoms with Crippen molar-refractivity contribution < 1.29 is 13.6 Å². The van der Waals surface area contributed by atoms with Crippen molar-refractivity contribution in [2.45, 2.75) is 25.8 Å². The summed E-state index contributed by atoms with van der Waals surface area (Å²) in [5, 5.41) is 1.14. The Balaban J connectivity index is 1.22. The smallest absolute Gasteiger partial charge is 0.253 e. The Labute approximate surface area is 181 Å². The number of nitrogens with zero attached hydrogens (tertiary/aromatic N) is 3. The van der Waals surface area contributed by atoms with Gasteiger partial charge in [-0.25, -0.2) is 8.78 Å². The van der Waals surface area contributed by atoms with Crippen LogP contribution >= 0.6 is 0 Å². The van der Waals surface area contributed by atoms with E-state index in [0.717, 1.165) is 68.0 Å². The van der Waals surface area contributed by atoms with Crippen LogP contribution in [-0.2, 0) is 13.6 Å². The Hall–Kier alpha value is -2.73. The first-order valence-electron chi connectivity index (χ1n) is 10.9. The Morgan fingerprint density at radius 3 is 2.58 bits per heavy atom. The minimum absolute atomic E-state index is 0.0923. The molecule has 1 amide bonds. The molecule has 0 unspecified atom stereocenters. The van der Waals surface area contributed by atoms with Gasteiger partial charge in [0, 0.05) is 56.1 Å². The molecule has 2 aliphatic heterocycles. The molecular weight excluding hydrogens is 396 g/mol. The predicted molar refractivity (Wildman–Crippen MR) is 117 cm³/mol. The first-order chi connectivity index (χ1) is 14.9. The van der Waals surface area contributed by atoms with Crippen molar-refractivity contribution in [1.82, 2.24) is 14.4 Å². The lowest BCUT2D eigenvalue weighted by Gasteiger charge is -2.39. The molecule has 0 aliphatic carbocycles. The molecule has 162 valence electrons. The summed E-state index contributed by atoms with van der Waals surface area (Å²) in [6, 6.07) is 11.6. The standard InChI is InChI=1S/C25H27F2N3O/c1-28-10-6-18-2-3-19(15-23(18)28)24(31)30-12-8-25(9-13-30)7-11-29(17-25)16-20-14-21(26)4-5-22(20)27/h2-6,10,14-15H,7-9,11-13,16-17H2,1H3. The van der Waals surface area contributed by atoms with Gasteiger partial charge < -0.3 is 9.47 Å². The first kappa shape index (κ1) is 20.2. The van der Waals surface area contributed by atoms with E-state index in [1.54, 1.807) is 0 Å². The molecule has 5 rings (SSSR count). The number of rotatable bonds is 3. The van der Waals surface area contributed by atoms with Gasteiger partial charge >= 0.3 is 0 Å². The lowest BCUT2D eigenvalue weighted by atomic mass is 9.77. The first-order valence-corrected chi connectivity index (χ1v) is 10.9. The fraction of sp³-hybridized carbons (Fsp3) is 0.400. The highest BCUT2D eigenvalue weighted by Gasteiger charge is 2.41. The summed E-state index contributed by atoms with van der Waals surface area (Å²) in [5.41, 5.74) is 2.39. The van der Waals surface area contributed by atoms with Gasteiger partial charge in [0.25, 0.3) is 5.91 Å². The highest BCUT2D eigenvalue weighted by molar-refractivity contribution is 5.98. The van der Waals surface area contributed by atoms with Crippen LogP contribution in [0.3, 0.4) is 0 Å². The number of fused-ring (bicyclic) bond motifs is 1. The van der Waals surface area contributed by atoms with Gasteiger partial charge in [0.1, 0.15) is 11.6 Å². The zero-order chi connectivity index (χ0) is 21.6. The lowest BCUT2D eigenvalue weighted by molar-refractivity contribution is 0.0587. The maximum atomic E-state index is 14.0. The van der Waals surface area contributed by atoms with Crippen LogP contribution in [-0.4, -0.2) is 46.5 Å². The summed E-state index contributed by atoms with van der Waals surface area (Å²) in [5.74, 6) is -0.654. The molecule has 0 saturated carbocycles. The second-order valence-corrected chi connectivity index (χ2v) is 9.19. The zero-order valence-electron chi connectivity index (χ0n) is 17.8. The van der Waals surface area contributed by atoms with Gasteiger partial charge in [-0.15, -0.1) is 0 Å². The normalized spacial score (nSPS) is 18.9. The minimum Gasteiger partial charge on any atom is -0.351 e. The molecule has 0 N–H and O–H groups in total. The van der Waals surface area contributed by atoms with E-state index in [4.69, 9.17) is 0 Å². The quantitative estimate of drug-likeness (QED) is 0.617. The van der Waals surface area contributed by atoms with Crippen LogP contribution in [0.25, 0.3) is 10.9 Å². The molecule has 0 atom stereocenters. The Bertz CT molecular complexity index is 1130. The van der Waals surface area contributed by atoms with Crippen LogP contribution in [0.1, 0.15) is 35.2 Å². The highest BCUT2D eigenvalue weighted by atomic mass is 19.1. The molecule has 2 fully saturated rings. The maximum Gasteiger partial charge on any atom is 0.253 e. The van der Waals surface area contributed by atoms with Crippen LogP contribution < -0.4 is 0 Å². The second kappa shape index (κ2) is 7.75. The highest BCUT2D eigenvalue weighted by Crippen LogP contribution is 2.41. The van der Waals surface area contributed by atoms with Crippen LogP contribution in [0, 0.1) is 17.0 Å². The molecular formula is C25H27F2N3O. The summed E-state index contributed by atoms with van der Waals surface area (Å²) >= 11 is 0. The molecule has 2 saturated heterocycles. The van der Waals surface area contributed by atoms with E-state index in [9.17, 15) is 13.6 Å². The van der Waals surface area contributed by atoms with E-state index in [0.29, 0.717) is 12.1 Å². The van der Waals surface area contributed by atoms with E-state index < -0.39 is 5.82 Å². The number of hydrogen-bond donors (Lipinski definition) is 0. The lowest BCUT2D eigenvalue weighted by Crippen LogP contribution is -2.44. The monoisotopic (exact) mass is 423 g/mol. The third kappa shape index (κ3) is 3.85. The Kier molecular flexibility index (Phi) is 5.05. The molecule has 1 spiro atoms. The number of carbonyl (C=O) groups is 1. The molecule has 2 aliphatic rings. The average molecular weight is 424 g/mol. The van der Waals surface area contributed by atoms with Crippen LogP contribution in [0.15, 0.2) is 48.7 Å². The largest absolute Gasteiger partial charge is 0.351 e. The summed E-state index contributed by atoms with van der Waals surface area (Å²) < 4.78 is 29.5. The number of aryl methyl sites for hydroxylation is 1. The fourth-order valence-electron chi connectivity index (χ4n) is 5.24. The van der Waals surface area contributed by atoms with Crippen LogP contribution in [0.5, 0.6) is 0 Å². The number of likely N-dealkylation sites (tertiary alicyclic amines) is 2. The topological polar surface area (TPSA) is 28.5 Å². The number of amides is 1. The second-order valence-electron chi connectivity index (χ2n) is 9.19. The molecule has 0 radical (unpaired) electrons. The Morgan fingerprint density at radius 1 is 1.00 bits per heavy atom. The van der Waals surface area contributed by atoms with E-state index in [2.05, 4.69) is 11.0 Å². The SMILES string of the molecule is Cn1ccc2ccc(C(=O)N3CCC4(CCN(Cc5cc(F)ccc5F)C4)CC3)cc21. The van der Waals surface area contributed by atoms with E-state index in [1.807, 2.05) is 40.9 Å². The van der Waals surface area contributed by atoms with Crippen molar-refractivity contribution in [2.75, 3.05) is 26.2 Å². The van der Waals surface area contributed by atoms with E-state index in [1.165, 1.54) is 12.1 Å². The number of carbonyl (C=O) groups excluding carboxylic acids is 1. The molecule has 0 bridgehead atoms. The number of benzene rings is 2. The summed E-state index contributed by atoms with van der Waals surface area (Å²) in [6.07, 6.45) is 4.95. The van der Waals surface area contributed by atoms with Gasteiger partial charge in [-0.2, -0.15) is 0 Å². The van der Waals surface area contributed by atoms with Gasteiger partial charge in [0.15, 0.2) is 0 Å². The number of halogens is 2. The summed E-state index contributed by atoms with van der Waals surface area (Å²) in [6.45, 7) is 3.68. The van der Waals surface area contributed by atoms with Crippen molar-refractivity contribution in [2.24, 2.45) is 12.5 Å². The molecule has 3 heterocycles. The third-order valence-electron chi connectivity index (χ3n) is 7.17. The molecule has 6 heteroatoms. The van der Waals surface area contributed by atoms with E-state index in [-0.39, 0.29) is 17.1 Å². The van der Waals surface area contributed by atoms with Crippen molar-refractivity contribution in [3.8, 4) is 0 Å². The predicted octanol–water partition coefficient (Wildman–Crippen LogP) is 4.58. The average Bonchev–Trinajstić information content (AvgIpc) is 3.34.